The van der Waals surface area contributed by atoms with Crippen LogP contribution in [0.1, 0.15) is 22.5 Å². The molecule has 0 aliphatic rings. The third-order valence-electron chi connectivity index (χ3n) is 3.78. The number of anilines is 1. The summed E-state index contributed by atoms with van der Waals surface area (Å²) < 4.78 is 1.56. The van der Waals surface area contributed by atoms with Crippen LogP contribution in [0.15, 0.2) is 24.3 Å². The van der Waals surface area contributed by atoms with E-state index in [4.69, 9.17) is 17.3 Å². The van der Waals surface area contributed by atoms with E-state index in [0.29, 0.717) is 17.3 Å². The maximum Gasteiger partial charge on any atom is 0.254 e. The average molecular weight is 345 g/mol. The Balaban J connectivity index is 1.75. The Morgan fingerprint density at radius 2 is 2.12 bits per heavy atom. The molecular weight excluding hydrogens is 328 g/mol. The molecule has 3 aromatic rings. The summed E-state index contributed by atoms with van der Waals surface area (Å²) in [5.74, 6) is 0.494. The Kier molecular flexibility index (Phi) is 4.35. The molecule has 2 aromatic heterocycles. The number of hydrogen-bond acceptors (Lipinski definition) is 5. The second-order valence-corrected chi connectivity index (χ2v) is 5.96. The first-order valence-electron chi connectivity index (χ1n) is 7.43. The summed E-state index contributed by atoms with van der Waals surface area (Å²) in [4.78, 5) is 20.7. The molecule has 0 spiro atoms. The third kappa shape index (κ3) is 3.30. The lowest BCUT2D eigenvalue weighted by molar-refractivity contribution is -0.120. The van der Waals surface area contributed by atoms with E-state index in [1.807, 2.05) is 32.0 Å². The van der Waals surface area contributed by atoms with Gasteiger partial charge in [0.1, 0.15) is 0 Å². The van der Waals surface area contributed by atoms with E-state index in [1.165, 1.54) is 0 Å². The van der Waals surface area contributed by atoms with E-state index in [-0.39, 0.29) is 18.3 Å². The van der Waals surface area contributed by atoms with Crippen molar-refractivity contribution in [3.8, 4) is 0 Å². The van der Waals surface area contributed by atoms with E-state index in [1.54, 1.807) is 10.6 Å². The number of hydrogen-bond donors (Lipinski definition) is 2. The summed E-state index contributed by atoms with van der Waals surface area (Å²) in [5, 5.41) is 7.63. The van der Waals surface area contributed by atoms with E-state index in [0.717, 1.165) is 22.5 Å². The maximum atomic E-state index is 12.3. The molecule has 0 saturated heterocycles. The van der Waals surface area contributed by atoms with Gasteiger partial charge in [0, 0.05) is 28.5 Å². The van der Waals surface area contributed by atoms with Gasteiger partial charge in [-0.3, -0.25) is 4.79 Å². The minimum absolute atomic E-state index is 0.101. The first kappa shape index (κ1) is 16.2. The molecule has 3 N–H and O–H groups in total. The molecule has 1 amide bonds. The van der Waals surface area contributed by atoms with E-state index >= 15 is 0 Å². The van der Waals surface area contributed by atoms with Gasteiger partial charge >= 0.3 is 0 Å². The van der Waals surface area contributed by atoms with Crippen LogP contribution in [0.2, 0.25) is 5.02 Å². The van der Waals surface area contributed by atoms with Gasteiger partial charge in [-0.1, -0.05) is 23.7 Å². The molecule has 0 bridgehead atoms. The van der Waals surface area contributed by atoms with Crippen LogP contribution in [0.4, 0.5) is 5.95 Å². The van der Waals surface area contributed by atoms with Gasteiger partial charge in [0.15, 0.2) is 0 Å². The summed E-state index contributed by atoms with van der Waals surface area (Å²) in [7, 11) is 0. The van der Waals surface area contributed by atoms with Crippen molar-refractivity contribution in [1.82, 2.24) is 24.9 Å². The molecule has 0 saturated carbocycles. The molecule has 0 aliphatic carbocycles. The quantitative estimate of drug-likeness (QED) is 0.752. The number of aromatic nitrogens is 4. The van der Waals surface area contributed by atoms with Crippen LogP contribution in [0.5, 0.6) is 0 Å². The molecule has 124 valence electrons. The Labute approximate surface area is 143 Å². The van der Waals surface area contributed by atoms with Gasteiger partial charge in [-0.05, 0) is 31.5 Å². The minimum Gasteiger partial charge on any atom is -0.366 e. The molecule has 7 nitrogen and oxygen atoms in total. The highest BCUT2D eigenvalue weighted by atomic mass is 35.5. The number of carbonyl (C=O) groups is 1. The van der Waals surface area contributed by atoms with Crippen LogP contribution < -0.4 is 11.1 Å². The first-order valence-corrected chi connectivity index (χ1v) is 7.81. The number of nitrogens with zero attached hydrogens (tertiary/aromatic N) is 4. The van der Waals surface area contributed by atoms with Gasteiger partial charge in [-0.25, -0.2) is 4.98 Å². The predicted octanol–water partition coefficient (Wildman–Crippen LogP) is 1.84. The molecule has 0 unspecified atom stereocenters. The monoisotopic (exact) mass is 344 g/mol. The second-order valence-electron chi connectivity index (χ2n) is 5.53. The Bertz CT molecular complexity index is 920. The molecule has 0 aliphatic heterocycles. The third-order valence-corrected chi connectivity index (χ3v) is 4.02. The van der Waals surface area contributed by atoms with Crippen LogP contribution >= 0.6 is 11.6 Å². The summed E-state index contributed by atoms with van der Waals surface area (Å²) >= 11 is 5.94. The number of rotatable bonds is 4. The lowest BCUT2D eigenvalue weighted by atomic mass is 10.1. The summed E-state index contributed by atoms with van der Waals surface area (Å²) in [6.07, 6.45) is 0.209. The number of nitrogens with one attached hydrogen (secondary N) is 1. The van der Waals surface area contributed by atoms with Gasteiger partial charge in [0.25, 0.3) is 5.78 Å². The highest BCUT2D eigenvalue weighted by Crippen LogP contribution is 2.15. The van der Waals surface area contributed by atoms with Crippen molar-refractivity contribution in [2.24, 2.45) is 0 Å². The number of amides is 1. The zero-order valence-corrected chi connectivity index (χ0v) is 14.1. The topological polar surface area (TPSA) is 98.2 Å². The van der Waals surface area contributed by atoms with Crippen LogP contribution in [-0.4, -0.2) is 25.5 Å². The number of aryl methyl sites for hydroxylation is 2. The Morgan fingerprint density at radius 1 is 1.33 bits per heavy atom. The van der Waals surface area contributed by atoms with Crippen LogP contribution in [0, 0.1) is 13.8 Å². The summed E-state index contributed by atoms with van der Waals surface area (Å²) in [5.41, 5.74) is 8.92. The lowest BCUT2D eigenvalue weighted by Gasteiger charge is -2.11. The van der Waals surface area contributed by atoms with Gasteiger partial charge in [0.2, 0.25) is 11.9 Å². The fourth-order valence-electron chi connectivity index (χ4n) is 2.55. The van der Waals surface area contributed by atoms with Gasteiger partial charge in [-0.2, -0.15) is 9.50 Å². The zero-order chi connectivity index (χ0) is 17.3. The van der Waals surface area contributed by atoms with Crippen molar-refractivity contribution in [3.05, 3.63) is 51.8 Å². The predicted molar refractivity (Wildman–Crippen MR) is 91.7 cm³/mol. The highest BCUT2D eigenvalue weighted by molar-refractivity contribution is 6.30. The minimum atomic E-state index is -0.101. The largest absolute Gasteiger partial charge is 0.366 e. The molecule has 0 radical (unpaired) electrons. The molecule has 3 rings (SSSR count). The summed E-state index contributed by atoms with van der Waals surface area (Å²) in [6, 6.07) is 7.38. The number of halogens is 1. The number of fused-ring (bicyclic) bond motifs is 1. The van der Waals surface area contributed by atoms with Gasteiger partial charge in [0.05, 0.1) is 6.42 Å². The smallest absolute Gasteiger partial charge is 0.254 e. The normalized spacial score (nSPS) is 11.0. The molecular formula is C16H17ClN6O. The Morgan fingerprint density at radius 3 is 2.88 bits per heavy atom. The van der Waals surface area contributed by atoms with Crippen LogP contribution in [0.25, 0.3) is 5.78 Å². The molecule has 0 atom stereocenters. The van der Waals surface area contributed by atoms with Crippen molar-refractivity contribution in [2.45, 2.75) is 26.8 Å². The van der Waals surface area contributed by atoms with Crippen molar-refractivity contribution in [2.75, 3.05) is 5.73 Å². The van der Waals surface area contributed by atoms with Gasteiger partial charge in [-0.15, -0.1) is 5.10 Å². The van der Waals surface area contributed by atoms with E-state index < -0.39 is 0 Å². The number of benzene rings is 1. The average Bonchev–Trinajstić information content (AvgIpc) is 2.90. The fourth-order valence-corrected chi connectivity index (χ4v) is 2.76. The van der Waals surface area contributed by atoms with Crippen molar-refractivity contribution >= 4 is 29.2 Å². The van der Waals surface area contributed by atoms with Gasteiger partial charge < -0.3 is 11.1 Å². The van der Waals surface area contributed by atoms with Crippen LogP contribution in [-0.2, 0) is 17.8 Å². The lowest BCUT2D eigenvalue weighted by Crippen LogP contribution is -2.25. The van der Waals surface area contributed by atoms with E-state index in [2.05, 4.69) is 20.4 Å². The van der Waals surface area contributed by atoms with Crippen molar-refractivity contribution in [3.63, 3.8) is 0 Å². The van der Waals surface area contributed by atoms with Crippen molar-refractivity contribution < 1.29 is 4.79 Å². The molecule has 2 heterocycles. The fraction of sp³-hybridized carbons (Fsp3) is 0.250. The van der Waals surface area contributed by atoms with Crippen LogP contribution in [0.3, 0.4) is 0 Å². The molecule has 8 heteroatoms. The van der Waals surface area contributed by atoms with E-state index in [9.17, 15) is 4.79 Å². The second kappa shape index (κ2) is 6.45. The SMILES string of the molecule is Cc1nc2nc(N)nn2c(C)c1CC(=O)NCc1cccc(Cl)c1. The number of nitrogens with two attached hydrogens (primary N) is 1. The number of nitrogen functional groups attached to an aromatic ring is 1. The zero-order valence-electron chi connectivity index (χ0n) is 13.4. The Hall–Kier alpha value is -2.67. The highest BCUT2D eigenvalue weighted by Gasteiger charge is 2.15. The first-order chi connectivity index (χ1) is 11.4. The maximum absolute atomic E-state index is 12.3. The molecule has 1 aromatic carbocycles. The number of carbonyl (C=O) groups excluding carboxylic acids is 1. The molecule has 0 fully saturated rings. The summed E-state index contributed by atoms with van der Waals surface area (Å²) in [6.45, 7) is 4.14. The standard InChI is InChI=1S/C16H17ClN6O/c1-9-13(10(2)23-16(20-9)21-15(18)22-23)7-14(24)19-8-11-4-3-5-12(17)6-11/h3-6H,7-8H2,1-2H3,(H2,18,22)(H,19,24). The molecule has 24 heavy (non-hydrogen) atoms. The van der Waals surface area contributed by atoms with Crippen molar-refractivity contribution in [1.29, 1.82) is 0 Å².